The molecule has 0 atom stereocenters. The van der Waals surface area contributed by atoms with Gasteiger partial charge in [-0.05, 0) is 58.4 Å². The van der Waals surface area contributed by atoms with Crippen LogP contribution >= 0.6 is 0 Å². The smallest absolute Gasteiger partial charge is 0.248 e. The summed E-state index contributed by atoms with van der Waals surface area (Å²) < 4.78 is 15.0. The Bertz CT molecular complexity index is 1260. The molecule has 0 fully saturated rings. The van der Waals surface area contributed by atoms with E-state index in [-0.39, 0.29) is 16.8 Å². The van der Waals surface area contributed by atoms with Crippen LogP contribution in [0.4, 0.5) is 4.39 Å². The number of benzene rings is 2. The summed E-state index contributed by atoms with van der Waals surface area (Å²) in [5.74, 6) is -0.273. The molecule has 5 heteroatoms. The maximum absolute atomic E-state index is 15.0. The van der Waals surface area contributed by atoms with Crippen LogP contribution in [-0.4, -0.2) is 16.2 Å². The Hall–Kier alpha value is -3.47. The quantitative estimate of drug-likeness (QED) is 0.605. The lowest BCUT2D eigenvalue weighted by molar-refractivity contribution is 0.410. The van der Waals surface area contributed by atoms with Gasteiger partial charge in [-0.3, -0.25) is 9.80 Å². The van der Waals surface area contributed by atoms with Crippen LogP contribution in [0.25, 0.3) is 16.8 Å². The third-order valence-corrected chi connectivity index (χ3v) is 5.69. The SMILES string of the molecule is C=C1c2c(F)cc(C(C)(C)C)cc2C=NN1Cc1ccc(-c2cc[nH]c(=O)c2)cc1C. The second-order valence-corrected chi connectivity index (χ2v) is 9.00. The third-order valence-electron chi connectivity index (χ3n) is 5.69. The number of nitrogens with zero attached hydrogens (tertiary/aromatic N) is 2. The van der Waals surface area contributed by atoms with E-state index in [1.54, 1.807) is 29.6 Å². The van der Waals surface area contributed by atoms with E-state index in [9.17, 15) is 9.18 Å². The Morgan fingerprint density at radius 1 is 1.10 bits per heavy atom. The zero-order chi connectivity index (χ0) is 22.3. The van der Waals surface area contributed by atoms with Gasteiger partial charge in [-0.15, -0.1) is 0 Å². The second kappa shape index (κ2) is 7.65. The topological polar surface area (TPSA) is 48.5 Å². The minimum absolute atomic E-state index is 0.131. The van der Waals surface area contributed by atoms with Crippen molar-refractivity contribution in [1.82, 2.24) is 9.99 Å². The molecule has 0 radical (unpaired) electrons. The zero-order valence-electron chi connectivity index (χ0n) is 18.3. The van der Waals surface area contributed by atoms with E-state index in [0.29, 0.717) is 17.8 Å². The molecule has 158 valence electrons. The Morgan fingerprint density at radius 3 is 2.52 bits per heavy atom. The van der Waals surface area contributed by atoms with E-state index in [4.69, 9.17) is 0 Å². The minimum Gasteiger partial charge on any atom is -0.329 e. The van der Waals surface area contributed by atoms with Crippen LogP contribution in [0.5, 0.6) is 0 Å². The van der Waals surface area contributed by atoms with Gasteiger partial charge in [0.25, 0.3) is 0 Å². The first-order valence-electron chi connectivity index (χ1n) is 10.3. The number of hydrazone groups is 1. The first kappa shape index (κ1) is 20.8. The molecule has 31 heavy (non-hydrogen) atoms. The fourth-order valence-electron chi connectivity index (χ4n) is 3.77. The number of H-pyrrole nitrogens is 1. The number of rotatable bonds is 3. The summed E-state index contributed by atoms with van der Waals surface area (Å²) >= 11 is 0. The monoisotopic (exact) mass is 415 g/mol. The molecular weight excluding hydrogens is 389 g/mol. The van der Waals surface area contributed by atoms with Crippen LogP contribution in [0.1, 0.15) is 48.6 Å². The maximum atomic E-state index is 15.0. The van der Waals surface area contributed by atoms with Crippen LogP contribution in [0.15, 0.2) is 65.1 Å². The van der Waals surface area contributed by atoms with Crippen molar-refractivity contribution >= 4 is 11.9 Å². The first-order chi connectivity index (χ1) is 14.6. The van der Waals surface area contributed by atoms with E-state index in [0.717, 1.165) is 33.4 Å². The van der Waals surface area contributed by atoms with E-state index in [1.807, 2.05) is 37.3 Å². The van der Waals surface area contributed by atoms with Gasteiger partial charge in [-0.2, -0.15) is 5.10 Å². The molecule has 0 amide bonds. The normalized spacial score (nSPS) is 13.5. The summed E-state index contributed by atoms with van der Waals surface area (Å²) in [7, 11) is 0. The molecule has 4 nitrogen and oxygen atoms in total. The average molecular weight is 416 g/mol. The Balaban J connectivity index is 1.61. The molecule has 0 unspecified atom stereocenters. The molecular formula is C26H26FN3O. The molecule has 0 spiro atoms. The summed E-state index contributed by atoms with van der Waals surface area (Å²) in [5.41, 5.74) is 6.42. The Labute approximate surface area is 181 Å². The summed E-state index contributed by atoms with van der Waals surface area (Å²) in [5, 5.41) is 6.27. The lowest BCUT2D eigenvalue weighted by atomic mass is 9.84. The highest BCUT2D eigenvalue weighted by atomic mass is 19.1. The predicted octanol–water partition coefficient (Wildman–Crippen LogP) is 5.61. The molecule has 1 aliphatic heterocycles. The van der Waals surface area contributed by atoms with Crippen LogP contribution in [0.3, 0.4) is 0 Å². The summed E-state index contributed by atoms with van der Waals surface area (Å²) in [6.07, 6.45) is 3.35. The van der Waals surface area contributed by atoms with Crippen LogP contribution in [-0.2, 0) is 12.0 Å². The number of fused-ring (bicyclic) bond motifs is 1. The van der Waals surface area contributed by atoms with Crippen molar-refractivity contribution in [3.8, 4) is 11.1 Å². The lowest BCUT2D eigenvalue weighted by Gasteiger charge is -2.29. The van der Waals surface area contributed by atoms with Crippen molar-refractivity contribution in [3.63, 3.8) is 0 Å². The van der Waals surface area contributed by atoms with Gasteiger partial charge in [0.05, 0.1) is 18.5 Å². The molecule has 2 aromatic carbocycles. The largest absolute Gasteiger partial charge is 0.329 e. The van der Waals surface area contributed by atoms with E-state index in [2.05, 4.69) is 37.4 Å². The highest BCUT2D eigenvalue weighted by Crippen LogP contribution is 2.34. The van der Waals surface area contributed by atoms with Crippen LogP contribution in [0, 0.1) is 12.7 Å². The summed E-state index contributed by atoms with van der Waals surface area (Å²) in [4.78, 5) is 14.2. The van der Waals surface area contributed by atoms with E-state index in [1.165, 1.54) is 0 Å². The second-order valence-electron chi connectivity index (χ2n) is 9.00. The number of aryl methyl sites for hydroxylation is 1. The van der Waals surface area contributed by atoms with Crippen molar-refractivity contribution in [2.24, 2.45) is 5.10 Å². The van der Waals surface area contributed by atoms with Gasteiger partial charge >= 0.3 is 0 Å². The maximum Gasteiger partial charge on any atom is 0.248 e. The molecule has 0 bridgehead atoms. The molecule has 1 aromatic heterocycles. The molecule has 1 N–H and O–H groups in total. The van der Waals surface area contributed by atoms with Gasteiger partial charge in [-0.25, -0.2) is 4.39 Å². The van der Waals surface area contributed by atoms with Gasteiger partial charge in [0.2, 0.25) is 5.56 Å². The summed E-state index contributed by atoms with van der Waals surface area (Å²) in [6.45, 7) is 12.8. The van der Waals surface area contributed by atoms with Gasteiger partial charge in [-0.1, -0.05) is 45.5 Å². The average Bonchev–Trinajstić information content (AvgIpc) is 2.70. The highest BCUT2D eigenvalue weighted by molar-refractivity contribution is 5.91. The van der Waals surface area contributed by atoms with Crippen LogP contribution < -0.4 is 5.56 Å². The van der Waals surface area contributed by atoms with Crippen molar-refractivity contribution < 1.29 is 4.39 Å². The standard InChI is InChI=1S/C26H26FN3O/c1-16-10-18(19-8-9-28-24(31)12-19)6-7-20(16)15-30-17(2)25-21(14-29-30)11-22(13-23(25)27)26(3,4)5/h6-14H,2,15H2,1,3-5H3,(H,28,31). The number of pyridine rings is 1. The predicted molar refractivity (Wildman–Crippen MR) is 125 cm³/mol. The lowest BCUT2D eigenvalue weighted by Crippen LogP contribution is -2.22. The van der Waals surface area contributed by atoms with E-state index < -0.39 is 0 Å². The minimum atomic E-state index is -0.273. The molecule has 0 saturated carbocycles. The molecule has 2 heterocycles. The molecule has 1 aliphatic rings. The fraction of sp³-hybridized carbons (Fsp3) is 0.231. The molecule has 0 saturated heterocycles. The Kier molecular flexibility index (Phi) is 5.13. The third kappa shape index (κ3) is 4.08. The van der Waals surface area contributed by atoms with Gasteiger partial charge < -0.3 is 4.98 Å². The van der Waals surface area contributed by atoms with Gasteiger partial charge in [0.1, 0.15) is 5.82 Å². The van der Waals surface area contributed by atoms with Gasteiger partial charge in [0, 0.05) is 23.4 Å². The van der Waals surface area contributed by atoms with Crippen molar-refractivity contribution in [1.29, 1.82) is 0 Å². The van der Waals surface area contributed by atoms with Crippen molar-refractivity contribution in [3.05, 3.63) is 99.2 Å². The zero-order valence-corrected chi connectivity index (χ0v) is 18.3. The number of halogens is 1. The van der Waals surface area contributed by atoms with Crippen molar-refractivity contribution in [2.75, 3.05) is 0 Å². The molecule has 0 aliphatic carbocycles. The van der Waals surface area contributed by atoms with Crippen LogP contribution in [0.2, 0.25) is 0 Å². The number of hydrogen-bond acceptors (Lipinski definition) is 3. The number of hydrogen-bond donors (Lipinski definition) is 1. The molecule has 3 aromatic rings. The molecule has 4 rings (SSSR count). The van der Waals surface area contributed by atoms with Crippen molar-refractivity contribution in [2.45, 2.75) is 39.7 Å². The summed E-state index contributed by atoms with van der Waals surface area (Å²) in [6, 6.07) is 13.1. The first-order valence-corrected chi connectivity index (χ1v) is 10.3. The number of nitrogens with one attached hydrogen (secondary N) is 1. The van der Waals surface area contributed by atoms with Gasteiger partial charge in [0.15, 0.2) is 0 Å². The number of aromatic nitrogens is 1. The number of aromatic amines is 1. The fourth-order valence-corrected chi connectivity index (χ4v) is 3.77. The highest BCUT2D eigenvalue weighted by Gasteiger charge is 2.24. The Morgan fingerprint density at radius 2 is 1.84 bits per heavy atom. The van der Waals surface area contributed by atoms with E-state index >= 15 is 0 Å².